The zero-order valence-corrected chi connectivity index (χ0v) is 6.89. The van der Waals surface area contributed by atoms with E-state index in [1.807, 2.05) is 0 Å². The molecule has 1 rings (SSSR count). The molecule has 0 aromatic heterocycles. The van der Waals surface area contributed by atoms with Crippen molar-refractivity contribution in [3.8, 4) is 5.75 Å². The highest BCUT2D eigenvalue weighted by Gasteiger charge is 1.98. The van der Waals surface area contributed by atoms with Crippen molar-refractivity contribution in [1.82, 2.24) is 0 Å². The number of carbonyl (C=O) groups is 1. The van der Waals surface area contributed by atoms with Crippen molar-refractivity contribution >= 4 is 29.7 Å². The van der Waals surface area contributed by atoms with Gasteiger partial charge in [-0.3, -0.25) is 4.79 Å². The fourth-order valence-corrected chi connectivity index (χ4v) is 0.894. The molecule has 0 saturated heterocycles. The molecule has 0 aliphatic rings. The topological polar surface area (TPSA) is 26.3 Å². The first-order valence-electron chi connectivity index (χ1n) is 2.79. The van der Waals surface area contributed by atoms with Crippen LogP contribution in [0.1, 0.15) is 0 Å². The molecule has 58 valence electrons. The normalized spacial score (nSPS) is 9.27. The average Bonchev–Trinajstić information content (AvgIpc) is 1.98. The lowest BCUT2D eigenvalue weighted by molar-refractivity contribution is -0.120. The zero-order chi connectivity index (χ0) is 8.27. The molecule has 0 aliphatic heterocycles. The Morgan fingerprint density at radius 2 is 2.00 bits per heavy atom. The van der Waals surface area contributed by atoms with E-state index < -0.39 is 0 Å². The van der Waals surface area contributed by atoms with E-state index >= 15 is 0 Å². The summed E-state index contributed by atoms with van der Waals surface area (Å²) in [6.45, 7) is 0.333. The van der Waals surface area contributed by atoms with Crippen molar-refractivity contribution in [2.45, 2.75) is 0 Å². The lowest BCUT2D eigenvalue weighted by Crippen LogP contribution is -1.87. The second kappa shape index (κ2) is 3.60. The molecule has 0 spiro atoms. The highest BCUT2D eigenvalue weighted by Crippen LogP contribution is 2.25. The van der Waals surface area contributed by atoms with Crippen molar-refractivity contribution in [3.05, 3.63) is 28.2 Å². The average molecular weight is 191 g/mol. The summed E-state index contributed by atoms with van der Waals surface area (Å²) in [5.41, 5.74) is 0. The Balaban J connectivity index is 2.95. The van der Waals surface area contributed by atoms with E-state index in [0.717, 1.165) is 0 Å². The zero-order valence-electron chi connectivity index (χ0n) is 5.38. The van der Waals surface area contributed by atoms with Gasteiger partial charge in [0.1, 0.15) is 5.75 Å². The summed E-state index contributed by atoms with van der Waals surface area (Å²) in [7, 11) is 0. The van der Waals surface area contributed by atoms with Crippen LogP contribution in [0, 0.1) is 0 Å². The van der Waals surface area contributed by atoms with E-state index in [0.29, 0.717) is 22.3 Å². The Bertz CT molecular complexity index is 273. The number of carbonyl (C=O) groups excluding carboxylic acids is 1. The highest BCUT2D eigenvalue weighted by atomic mass is 35.5. The van der Waals surface area contributed by atoms with Gasteiger partial charge in [0.2, 0.25) is 0 Å². The number of ether oxygens (including phenoxy) is 1. The van der Waals surface area contributed by atoms with Crippen LogP contribution in [0.3, 0.4) is 0 Å². The lowest BCUT2D eigenvalue weighted by atomic mass is 10.3. The van der Waals surface area contributed by atoms with Gasteiger partial charge in [0.15, 0.2) is 0 Å². The molecule has 11 heavy (non-hydrogen) atoms. The van der Waals surface area contributed by atoms with Gasteiger partial charge in [0.25, 0.3) is 6.47 Å². The number of benzene rings is 1. The minimum absolute atomic E-state index is 0.333. The van der Waals surface area contributed by atoms with Gasteiger partial charge in [0.05, 0.1) is 10.0 Å². The third kappa shape index (κ3) is 2.10. The van der Waals surface area contributed by atoms with Crippen LogP contribution in [0.4, 0.5) is 0 Å². The first-order valence-corrected chi connectivity index (χ1v) is 3.55. The quantitative estimate of drug-likeness (QED) is 0.671. The van der Waals surface area contributed by atoms with E-state index in [1.54, 1.807) is 12.1 Å². The van der Waals surface area contributed by atoms with Gasteiger partial charge in [-0.15, -0.1) is 0 Å². The molecule has 0 saturated carbocycles. The molecule has 0 radical (unpaired) electrons. The minimum atomic E-state index is 0.333. The molecule has 0 N–H and O–H groups in total. The van der Waals surface area contributed by atoms with E-state index in [1.165, 1.54) is 6.07 Å². The summed E-state index contributed by atoms with van der Waals surface area (Å²) < 4.78 is 4.52. The fourth-order valence-electron chi connectivity index (χ4n) is 0.606. The third-order valence-electron chi connectivity index (χ3n) is 1.08. The minimum Gasteiger partial charge on any atom is -0.429 e. The standard InChI is InChI=1S/C7H4Cl2O2/c8-6-2-1-5(11-4-10)3-7(6)9/h1-4H. The maximum atomic E-state index is 9.87. The largest absolute Gasteiger partial charge is 0.429 e. The number of hydrogen-bond acceptors (Lipinski definition) is 2. The Morgan fingerprint density at radius 3 is 2.55 bits per heavy atom. The molecule has 1 aromatic rings. The van der Waals surface area contributed by atoms with Crippen molar-refractivity contribution in [2.75, 3.05) is 0 Å². The van der Waals surface area contributed by atoms with E-state index in [2.05, 4.69) is 4.74 Å². The van der Waals surface area contributed by atoms with Crippen LogP contribution in [0.15, 0.2) is 18.2 Å². The van der Waals surface area contributed by atoms with Crippen LogP contribution in [0.25, 0.3) is 0 Å². The first-order chi connectivity index (χ1) is 5.24. The van der Waals surface area contributed by atoms with Gasteiger partial charge in [-0.2, -0.15) is 0 Å². The molecule has 1 aromatic carbocycles. The fraction of sp³-hybridized carbons (Fsp3) is 0. The smallest absolute Gasteiger partial charge is 0.298 e. The monoisotopic (exact) mass is 190 g/mol. The Hall–Kier alpha value is -0.730. The van der Waals surface area contributed by atoms with Crippen LogP contribution in [0.2, 0.25) is 10.0 Å². The van der Waals surface area contributed by atoms with Gasteiger partial charge in [-0.25, -0.2) is 0 Å². The molecule has 0 fully saturated rings. The lowest BCUT2D eigenvalue weighted by Gasteiger charge is -1.98. The van der Waals surface area contributed by atoms with Crippen LogP contribution in [-0.4, -0.2) is 6.47 Å². The van der Waals surface area contributed by atoms with Crippen molar-refractivity contribution < 1.29 is 9.53 Å². The van der Waals surface area contributed by atoms with Crippen molar-refractivity contribution in [3.63, 3.8) is 0 Å². The van der Waals surface area contributed by atoms with Crippen LogP contribution in [-0.2, 0) is 4.79 Å². The molecular weight excluding hydrogens is 187 g/mol. The summed E-state index contributed by atoms with van der Waals surface area (Å²) in [6.07, 6.45) is 0. The number of rotatable bonds is 2. The van der Waals surface area contributed by atoms with Gasteiger partial charge in [-0.1, -0.05) is 23.2 Å². The summed E-state index contributed by atoms with van der Waals surface area (Å²) in [5, 5.41) is 0.802. The molecule has 0 aliphatic carbocycles. The first kappa shape index (κ1) is 8.37. The van der Waals surface area contributed by atoms with Crippen LogP contribution in [0.5, 0.6) is 5.75 Å². The van der Waals surface area contributed by atoms with Crippen molar-refractivity contribution in [1.29, 1.82) is 0 Å². The molecule has 2 nitrogen and oxygen atoms in total. The van der Waals surface area contributed by atoms with Crippen molar-refractivity contribution in [2.24, 2.45) is 0 Å². The SMILES string of the molecule is O=COc1ccc(Cl)c(Cl)c1. The Labute approximate surface area is 73.7 Å². The Kier molecular flexibility index (Phi) is 2.74. The second-order valence-corrected chi connectivity index (χ2v) is 2.60. The maximum Gasteiger partial charge on any atom is 0.298 e. The molecule has 4 heteroatoms. The summed E-state index contributed by atoms with van der Waals surface area (Å²) in [4.78, 5) is 9.87. The van der Waals surface area contributed by atoms with Gasteiger partial charge >= 0.3 is 0 Å². The van der Waals surface area contributed by atoms with Gasteiger partial charge in [0, 0.05) is 6.07 Å². The van der Waals surface area contributed by atoms with Gasteiger partial charge < -0.3 is 4.74 Å². The van der Waals surface area contributed by atoms with E-state index in [4.69, 9.17) is 23.2 Å². The number of halogens is 2. The van der Waals surface area contributed by atoms with E-state index in [-0.39, 0.29) is 0 Å². The molecule has 0 atom stereocenters. The second-order valence-electron chi connectivity index (χ2n) is 1.79. The third-order valence-corrected chi connectivity index (χ3v) is 1.81. The summed E-state index contributed by atoms with van der Waals surface area (Å²) in [6, 6.07) is 4.59. The number of hydrogen-bond donors (Lipinski definition) is 0. The molecule has 0 heterocycles. The molecule has 0 amide bonds. The molecular formula is C7H4Cl2O2. The predicted octanol–water partition coefficient (Wildman–Crippen LogP) is 2.53. The highest BCUT2D eigenvalue weighted by molar-refractivity contribution is 6.42. The van der Waals surface area contributed by atoms with Gasteiger partial charge in [-0.05, 0) is 12.1 Å². The molecule has 0 unspecified atom stereocenters. The summed E-state index contributed by atoms with van der Waals surface area (Å²) in [5.74, 6) is 0.384. The van der Waals surface area contributed by atoms with E-state index in [9.17, 15) is 4.79 Å². The van der Waals surface area contributed by atoms with Crippen LogP contribution >= 0.6 is 23.2 Å². The maximum absolute atomic E-state index is 9.87. The summed E-state index contributed by atoms with van der Waals surface area (Å²) >= 11 is 11.2. The predicted molar refractivity (Wildman–Crippen MR) is 43.2 cm³/mol. The molecule has 0 bridgehead atoms. The van der Waals surface area contributed by atoms with Crippen LogP contribution < -0.4 is 4.74 Å². The Morgan fingerprint density at radius 1 is 1.27 bits per heavy atom.